The van der Waals surface area contributed by atoms with Crippen LogP contribution in [0.25, 0.3) is 0 Å². The molecule has 1 aromatic carbocycles. The Kier molecular flexibility index (Phi) is 4.75. The number of benzene rings is 1. The van der Waals surface area contributed by atoms with Crippen molar-refractivity contribution in [2.24, 2.45) is 0 Å². The van der Waals surface area contributed by atoms with Crippen LogP contribution in [0.1, 0.15) is 5.76 Å². The molecule has 0 saturated heterocycles. The molecule has 0 unspecified atom stereocenters. The van der Waals surface area contributed by atoms with Crippen LogP contribution in [0.4, 0.5) is 5.69 Å². The third-order valence-corrected chi connectivity index (χ3v) is 2.98. The molecular weight excluding hydrogens is 256 g/mol. The van der Waals surface area contributed by atoms with Gasteiger partial charge in [0.2, 0.25) is 0 Å². The molecule has 1 N–H and O–H groups in total. The van der Waals surface area contributed by atoms with Gasteiger partial charge in [-0.1, -0.05) is 24.3 Å². The number of rotatable bonds is 5. The van der Waals surface area contributed by atoms with Gasteiger partial charge >= 0.3 is 0 Å². The first-order valence-electron chi connectivity index (χ1n) is 6.05. The van der Waals surface area contributed by atoms with Gasteiger partial charge in [-0.05, 0) is 36.5 Å². The molecule has 19 heavy (non-hydrogen) atoms. The minimum Gasteiger partial charge on any atom is -0.467 e. The molecule has 4 heteroatoms. The van der Waals surface area contributed by atoms with Crippen LogP contribution >= 0.6 is 12.2 Å². The fraction of sp³-hybridized carbons (Fsp3) is 0.133. The zero-order chi connectivity index (χ0) is 13.5. The Bertz CT molecular complexity index is 522. The zero-order valence-corrected chi connectivity index (χ0v) is 11.4. The van der Waals surface area contributed by atoms with Gasteiger partial charge in [0.1, 0.15) is 5.76 Å². The molecule has 0 aliphatic carbocycles. The molecule has 0 amide bonds. The molecule has 0 radical (unpaired) electrons. The summed E-state index contributed by atoms with van der Waals surface area (Å²) in [6.07, 6.45) is 3.48. The van der Waals surface area contributed by atoms with E-state index in [1.54, 1.807) is 6.26 Å². The number of hydrogen-bond acceptors (Lipinski definition) is 2. The average Bonchev–Trinajstić information content (AvgIpc) is 2.96. The Balaban J connectivity index is 2.02. The van der Waals surface area contributed by atoms with E-state index in [4.69, 9.17) is 16.6 Å². The summed E-state index contributed by atoms with van der Waals surface area (Å²) in [6.45, 7) is 5.01. The topological polar surface area (TPSA) is 28.4 Å². The van der Waals surface area contributed by atoms with Gasteiger partial charge in [-0.15, -0.1) is 6.58 Å². The van der Waals surface area contributed by atoms with Crippen LogP contribution in [0.2, 0.25) is 0 Å². The molecule has 0 atom stereocenters. The number of thiocarbonyl (C=S) groups is 1. The fourth-order valence-corrected chi connectivity index (χ4v) is 1.97. The van der Waals surface area contributed by atoms with Gasteiger partial charge in [0.25, 0.3) is 0 Å². The van der Waals surface area contributed by atoms with Crippen LogP contribution in [-0.4, -0.2) is 11.7 Å². The lowest BCUT2D eigenvalue weighted by Gasteiger charge is -2.24. The Morgan fingerprint density at radius 1 is 1.26 bits per heavy atom. The maximum Gasteiger partial charge on any atom is 0.174 e. The lowest BCUT2D eigenvalue weighted by atomic mass is 10.3. The molecular formula is C15H16N2OS. The Morgan fingerprint density at radius 3 is 2.68 bits per heavy atom. The van der Waals surface area contributed by atoms with E-state index in [9.17, 15) is 0 Å². The number of nitrogens with zero attached hydrogens (tertiary/aromatic N) is 1. The standard InChI is InChI=1S/C15H16N2OS/c1-2-10-17(13-7-4-3-5-8-13)15(19)16-12-14-9-6-11-18-14/h2-9,11H,1,10,12H2,(H,16,19). The summed E-state index contributed by atoms with van der Waals surface area (Å²) >= 11 is 5.42. The van der Waals surface area contributed by atoms with Crippen molar-refractivity contribution in [3.63, 3.8) is 0 Å². The van der Waals surface area contributed by atoms with Crippen LogP contribution in [0, 0.1) is 0 Å². The monoisotopic (exact) mass is 272 g/mol. The van der Waals surface area contributed by atoms with E-state index in [1.165, 1.54) is 0 Å². The molecule has 1 aromatic heterocycles. The van der Waals surface area contributed by atoms with Crippen molar-refractivity contribution in [1.82, 2.24) is 5.32 Å². The Labute approximate surface area is 118 Å². The maximum absolute atomic E-state index is 5.42. The molecule has 0 bridgehead atoms. The van der Waals surface area contributed by atoms with E-state index in [0.717, 1.165) is 11.4 Å². The molecule has 0 spiro atoms. The molecule has 2 rings (SSSR count). The second-order valence-corrected chi connectivity index (χ2v) is 4.36. The number of furan rings is 1. The van der Waals surface area contributed by atoms with Crippen molar-refractivity contribution in [3.05, 3.63) is 67.1 Å². The number of hydrogen-bond donors (Lipinski definition) is 1. The van der Waals surface area contributed by atoms with E-state index in [2.05, 4.69) is 11.9 Å². The fourth-order valence-electron chi connectivity index (χ4n) is 1.71. The first-order valence-corrected chi connectivity index (χ1v) is 6.46. The highest BCUT2D eigenvalue weighted by Crippen LogP contribution is 2.13. The van der Waals surface area contributed by atoms with Crippen LogP contribution in [0.5, 0.6) is 0 Å². The highest BCUT2D eigenvalue weighted by molar-refractivity contribution is 7.80. The van der Waals surface area contributed by atoms with E-state index in [0.29, 0.717) is 18.2 Å². The maximum atomic E-state index is 5.42. The minimum atomic E-state index is 0.576. The molecule has 0 saturated carbocycles. The lowest BCUT2D eigenvalue weighted by Crippen LogP contribution is -2.39. The number of nitrogens with one attached hydrogen (secondary N) is 1. The summed E-state index contributed by atoms with van der Waals surface area (Å²) in [7, 11) is 0. The first kappa shape index (κ1) is 13.4. The van der Waals surface area contributed by atoms with Crippen molar-refractivity contribution in [3.8, 4) is 0 Å². The SMILES string of the molecule is C=CCN(C(=S)NCc1ccco1)c1ccccc1. The minimum absolute atomic E-state index is 0.576. The van der Waals surface area contributed by atoms with Crippen molar-refractivity contribution < 1.29 is 4.42 Å². The average molecular weight is 272 g/mol. The predicted molar refractivity (Wildman–Crippen MR) is 82.1 cm³/mol. The van der Waals surface area contributed by atoms with Crippen molar-refractivity contribution in [2.75, 3.05) is 11.4 Å². The van der Waals surface area contributed by atoms with E-state index >= 15 is 0 Å². The molecule has 3 nitrogen and oxygen atoms in total. The Hall–Kier alpha value is -2.07. The summed E-state index contributed by atoms with van der Waals surface area (Å²) in [5, 5.41) is 3.84. The second-order valence-electron chi connectivity index (χ2n) is 3.97. The Morgan fingerprint density at radius 2 is 2.05 bits per heavy atom. The third kappa shape index (κ3) is 3.69. The van der Waals surface area contributed by atoms with Gasteiger partial charge in [0, 0.05) is 12.2 Å². The predicted octanol–water partition coefficient (Wildman–Crippen LogP) is 3.35. The summed E-state index contributed by atoms with van der Waals surface area (Å²) < 4.78 is 5.27. The number of para-hydroxylation sites is 1. The first-order chi connectivity index (χ1) is 9.31. The van der Waals surface area contributed by atoms with Crippen molar-refractivity contribution in [2.45, 2.75) is 6.54 Å². The van der Waals surface area contributed by atoms with Gasteiger partial charge < -0.3 is 14.6 Å². The largest absolute Gasteiger partial charge is 0.467 e. The van der Waals surface area contributed by atoms with Gasteiger partial charge in [-0.25, -0.2) is 0 Å². The molecule has 2 aromatic rings. The summed E-state index contributed by atoms with van der Waals surface area (Å²) in [6, 6.07) is 13.8. The molecule has 98 valence electrons. The quantitative estimate of drug-likeness (QED) is 0.667. The summed E-state index contributed by atoms with van der Waals surface area (Å²) in [4.78, 5) is 1.99. The highest BCUT2D eigenvalue weighted by atomic mass is 32.1. The van der Waals surface area contributed by atoms with Crippen LogP contribution < -0.4 is 10.2 Å². The second kappa shape index (κ2) is 6.75. The number of anilines is 1. The van der Waals surface area contributed by atoms with Crippen LogP contribution in [0.3, 0.4) is 0 Å². The zero-order valence-electron chi connectivity index (χ0n) is 10.6. The van der Waals surface area contributed by atoms with Gasteiger partial charge in [0.05, 0.1) is 12.8 Å². The lowest BCUT2D eigenvalue weighted by molar-refractivity contribution is 0.503. The highest BCUT2D eigenvalue weighted by Gasteiger charge is 2.10. The van der Waals surface area contributed by atoms with Gasteiger partial charge in [0.15, 0.2) is 5.11 Å². The molecule has 1 heterocycles. The smallest absolute Gasteiger partial charge is 0.174 e. The van der Waals surface area contributed by atoms with E-state index in [-0.39, 0.29) is 0 Å². The van der Waals surface area contributed by atoms with Crippen LogP contribution in [0.15, 0.2) is 65.8 Å². The van der Waals surface area contributed by atoms with Crippen molar-refractivity contribution in [1.29, 1.82) is 0 Å². The molecule has 0 fully saturated rings. The van der Waals surface area contributed by atoms with Gasteiger partial charge in [-0.3, -0.25) is 0 Å². The normalized spacial score (nSPS) is 9.89. The molecule has 0 aliphatic rings. The van der Waals surface area contributed by atoms with Crippen LogP contribution in [-0.2, 0) is 6.54 Å². The van der Waals surface area contributed by atoms with Gasteiger partial charge in [-0.2, -0.15) is 0 Å². The van der Waals surface area contributed by atoms with E-state index < -0.39 is 0 Å². The molecule has 0 aliphatic heterocycles. The third-order valence-electron chi connectivity index (χ3n) is 2.62. The van der Waals surface area contributed by atoms with E-state index in [1.807, 2.05) is 53.4 Å². The summed E-state index contributed by atoms with van der Waals surface area (Å²) in [5.41, 5.74) is 1.04. The summed E-state index contributed by atoms with van der Waals surface area (Å²) in [5.74, 6) is 0.856. The van der Waals surface area contributed by atoms with Crippen molar-refractivity contribution >= 4 is 23.0 Å².